The van der Waals surface area contributed by atoms with Gasteiger partial charge in [0, 0.05) is 12.1 Å². The van der Waals surface area contributed by atoms with E-state index in [4.69, 9.17) is 4.74 Å². The van der Waals surface area contributed by atoms with Crippen LogP contribution in [0.25, 0.3) is 0 Å². The molecule has 2 heterocycles. The number of benzene rings is 1. The van der Waals surface area contributed by atoms with Gasteiger partial charge in [-0.1, -0.05) is 13.8 Å². The van der Waals surface area contributed by atoms with Gasteiger partial charge in [-0.25, -0.2) is 0 Å². The third-order valence-corrected chi connectivity index (χ3v) is 5.29. The van der Waals surface area contributed by atoms with Crippen LogP contribution in [-0.4, -0.2) is 60.2 Å². The van der Waals surface area contributed by atoms with E-state index in [1.54, 1.807) is 0 Å². The number of carbonyl (C=O) groups is 3. The van der Waals surface area contributed by atoms with Gasteiger partial charge in [-0.2, -0.15) is 0 Å². The first-order chi connectivity index (χ1) is 14.5. The normalized spacial score (nSPS) is 22.3. The monoisotopic (exact) mass is 442 g/mol. The Morgan fingerprint density at radius 1 is 1.26 bits per heavy atom. The van der Waals surface area contributed by atoms with Crippen molar-refractivity contribution in [3.05, 3.63) is 29.8 Å². The van der Waals surface area contributed by atoms with Gasteiger partial charge in [0.15, 0.2) is 5.78 Å². The van der Waals surface area contributed by atoms with Crippen molar-refractivity contribution in [1.29, 1.82) is 0 Å². The second-order valence-electron chi connectivity index (χ2n) is 8.16. The highest BCUT2D eigenvalue weighted by Crippen LogP contribution is 2.28. The third-order valence-electron chi connectivity index (χ3n) is 5.29. The smallest absolute Gasteiger partial charge is 0.406 e. The Balaban J connectivity index is 1.72. The van der Waals surface area contributed by atoms with Gasteiger partial charge in [-0.05, 0) is 49.4 Å². The van der Waals surface area contributed by atoms with Gasteiger partial charge in [0.25, 0.3) is 5.91 Å². The van der Waals surface area contributed by atoms with Crippen LogP contribution in [0.15, 0.2) is 24.3 Å². The Labute approximate surface area is 177 Å². The van der Waals surface area contributed by atoms with E-state index in [2.05, 4.69) is 10.1 Å². The van der Waals surface area contributed by atoms with Crippen molar-refractivity contribution in [3.8, 4) is 5.75 Å². The van der Waals surface area contributed by atoms with Crippen molar-refractivity contribution in [1.82, 2.24) is 10.2 Å². The summed E-state index contributed by atoms with van der Waals surface area (Å²) < 4.78 is 46.2. The molecule has 1 N–H and O–H groups in total. The van der Waals surface area contributed by atoms with E-state index in [1.165, 1.54) is 17.0 Å². The molecule has 1 aromatic rings. The molecule has 10 heteroatoms. The van der Waals surface area contributed by atoms with E-state index >= 15 is 0 Å². The molecule has 2 fully saturated rings. The van der Waals surface area contributed by atoms with Gasteiger partial charge in [0.2, 0.25) is 5.91 Å². The Bertz CT molecular complexity index is 825. The molecule has 2 amide bonds. The van der Waals surface area contributed by atoms with E-state index in [1.807, 2.05) is 13.8 Å². The van der Waals surface area contributed by atoms with Crippen molar-refractivity contribution in [2.24, 2.45) is 5.92 Å². The number of ketones is 1. The molecule has 3 rings (SSSR count). The first-order valence-electron chi connectivity index (χ1n) is 10.2. The van der Waals surface area contributed by atoms with E-state index in [-0.39, 0.29) is 35.9 Å². The number of hydrogen-bond donors (Lipinski definition) is 1. The first kappa shape index (κ1) is 23.1. The fourth-order valence-corrected chi connectivity index (χ4v) is 3.98. The van der Waals surface area contributed by atoms with Gasteiger partial charge in [0.05, 0.1) is 6.10 Å². The molecule has 0 aromatic heterocycles. The molecule has 2 aliphatic rings. The van der Waals surface area contributed by atoms with Crippen LogP contribution in [0.5, 0.6) is 5.75 Å². The van der Waals surface area contributed by atoms with Crippen LogP contribution in [0.2, 0.25) is 0 Å². The predicted molar refractivity (Wildman–Crippen MR) is 103 cm³/mol. The molecule has 0 aliphatic carbocycles. The molecule has 0 unspecified atom stereocenters. The number of alkyl halides is 3. The van der Waals surface area contributed by atoms with E-state index in [9.17, 15) is 27.6 Å². The summed E-state index contributed by atoms with van der Waals surface area (Å²) in [4.78, 5) is 39.7. The van der Waals surface area contributed by atoms with Crippen molar-refractivity contribution in [2.75, 3.05) is 13.2 Å². The maximum Gasteiger partial charge on any atom is 0.573 e. The number of halogens is 3. The van der Waals surface area contributed by atoms with Gasteiger partial charge in [0.1, 0.15) is 24.4 Å². The number of rotatable bonds is 6. The van der Waals surface area contributed by atoms with Gasteiger partial charge in [-0.3, -0.25) is 14.4 Å². The first-order valence-corrected chi connectivity index (χ1v) is 10.2. The summed E-state index contributed by atoms with van der Waals surface area (Å²) in [7, 11) is 0. The van der Waals surface area contributed by atoms with Crippen LogP contribution < -0.4 is 10.1 Å². The molecular formula is C21H25F3N2O5. The molecule has 0 spiro atoms. The second kappa shape index (κ2) is 9.25. The summed E-state index contributed by atoms with van der Waals surface area (Å²) in [5.41, 5.74) is 0.0906. The van der Waals surface area contributed by atoms with E-state index < -0.39 is 30.1 Å². The Hall–Kier alpha value is -2.62. The molecule has 0 radical (unpaired) electrons. The van der Waals surface area contributed by atoms with Crippen LogP contribution in [0, 0.1) is 5.92 Å². The topological polar surface area (TPSA) is 84.9 Å². The number of hydrogen-bond acceptors (Lipinski definition) is 5. The van der Waals surface area contributed by atoms with Crippen LogP contribution in [0.1, 0.15) is 43.5 Å². The highest BCUT2D eigenvalue weighted by atomic mass is 19.4. The number of nitrogens with one attached hydrogen (secondary N) is 1. The number of amides is 2. The number of piperidine rings is 1. The van der Waals surface area contributed by atoms with Crippen molar-refractivity contribution < 1.29 is 37.0 Å². The van der Waals surface area contributed by atoms with Crippen molar-refractivity contribution in [3.63, 3.8) is 0 Å². The zero-order valence-electron chi connectivity index (χ0n) is 17.3. The quantitative estimate of drug-likeness (QED) is 0.732. The SMILES string of the molecule is CC(C)C[C@H](NC(=O)c1ccc(OC(F)(F)F)cc1)C(=O)N1CCC[C@H]2OCC(=O)[C@H]21. The van der Waals surface area contributed by atoms with E-state index in [0.717, 1.165) is 12.1 Å². The minimum atomic E-state index is -4.83. The molecule has 2 aliphatic heterocycles. The molecule has 3 atom stereocenters. The molecule has 2 saturated heterocycles. The summed E-state index contributed by atoms with van der Waals surface area (Å²) in [5, 5.41) is 2.68. The predicted octanol–water partition coefficient (Wildman–Crippen LogP) is 2.69. The Kier molecular flexibility index (Phi) is 6.88. The van der Waals surface area contributed by atoms with E-state index in [0.29, 0.717) is 25.8 Å². The van der Waals surface area contributed by atoms with Crippen molar-refractivity contribution in [2.45, 2.75) is 57.7 Å². The lowest BCUT2D eigenvalue weighted by atomic mass is 9.95. The average molecular weight is 442 g/mol. The third kappa shape index (κ3) is 5.75. The maximum atomic E-state index is 13.3. The fourth-order valence-electron chi connectivity index (χ4n) is 3.98. The summed E-state index contributed by atoms with van der Waals surface area (Å²) in [6.45, 7) is 4.19. The molecule has 1 aromatic carbocycles. The Morgan fingerprint density at radius 2 is 1.94 bits per heavy atom. The summed E-state index contributed by atoms with van der Waals surface area (Å²) in [5.74, 6) is -1.47. The number of fused-ring (bicyclic) bond motifs is 1. The van der Waals surface area contributed by atoms with Crippen LogP contribution in [0.4, 0.5) is 13.2 Å². The lowest BCUT2D eigenvalue weighted by molar-refractivity contribution is -0.274. The molecule has 7 nitrogen and oxygen atoms in total. The number of likely N-dealkylation sites (tertiary alicyclic amines) is 1. The molecule has 31 heavy (non-hydrogen) atoms. The average Bonchev–Trinajstić information content (AvgIpc) is 3.07. The van der Waals surface area contributed by atoms with Gasteiger partial charge >= 0.3 is 6.36 Å². The summed E-state index contributed by atoms with van der Waals surface area (Å²) in [6.07, 6.45) is -3.40. The van der Waals surface area contributed by atoms with Crippen LogP contribution >= 0.6 is 0 Å². The molecular weight excluding hydrogens is 417 g/mol. The largest absolute Gasteiger partial charge is 0.573 e. The minimum Gasteiger partial charge on any atom is -0.406 e. The highest BCUT2D eigenvalue weighted by Gasteiger charge is 2.45. The standard InChI is InChI=1S/C21H25F3N2O5/c1-12(2)10-15(20(29)26-9-3-4-17-18(26)16(27)11-30-17)25-19(28)13-5-7-14(8-6-13)31-21(22,23)24/h5-8,12,15,17-18H,3-4,9-11H2,1-2H3,(H,25,28)/t15-,17+,18+/m0/s1. The number of Topliss-reactive ketones (excluding diaryl/α,β-unsaturated/α-hetero) is 1. The minimum absolute atomic E-state index is 0.0212. The second-order valence-corrected chi connectivity index (χ2v) is 8.16. The van der Waals surface area contributed by atoms with Crippen LogP contribution in [0.3, 0.4) is 0 Å². The summed E-state index contributed by atoms with van der Waals surface area (Å²) in [6, 6.07) is 2.95. The fraction of sp³-hybridized carbons (Fsp3) is 0.571. The number of carbonyl (C=O) groups excluding carboxylic acids is 3. The zero-order valence-corrected chi connectivity index (χ0v) is 17.3. The Morgan fingerprint density at radius 3 is 2.55 bits per heavy atom. The van der Waals surface area contributed by atoms with Gasteiger partial charge < -0.3 is 19.7 Å². The maximum absolute atomic E-state index is 13.3. The summed E-state index contributed by atoms with van der Waals surface area (Å²) >= 11 is 0. The van der Waals surface area contributed by atoms with Gasteiger partial charge in [-0.15, -0.1) is 13.2 Å². The highest BCUT2D eigenvalue weighted by molar-refractivity contribution is 5.99. The lowest BCUT2D eigenvalue weighted by Crippen LogP contribution is -2.58. The number of ether oxygens (including phenoxy) is 2. The zero-order chi connectivity index (χ0) is 22.8. The molecule has 170 valence electrons. The van der Waals surface area contributed by atoms with Crippen molar-refractivity contribution >= 4 is 17.6 Å². The molecule has 0 bridgehead atoms. The lowest BCUT2D eigenvalue weighted by Gasteiger charge is -2.37. The molecule has 0 saturated carbocycles. The number of nitrogens with zero attached hydrogens (tertiary/aromatic N) is 1. The van der Waals surface area contributed by atoms with Crippen LogP contribution in [-0.2, 0) is 14.3 Å².